The van der Waals surface area contributed by atoms with Gasteiger partial charge >= 0.3 is 0 Å². The lowest BCUT2D eigenvalue weighted by Gasteiger charge is -1.97. The van der Waals surface area contributed by atoms with E-state index < -0.39 is 0 Å². The van der Waals surface area contributed by atoms with Gasteiger partial charge in [-0.2, -0.15) is 4.98 Å². The predicted molar refractivity (Wildman–Crippen MR) is 62.2 cm³/mol. The van der Waals surface area contributed by atoms with E-state index in [9.17, 15) is 0 Å². The van der Waals surface area contributed by atoms with Gasteiger partial charge in [0.25, 0.3) is 5.89 Å². The van der Waals surface area contributed by atoms with Crippen LogP contribution in [0.1, 0.15) is 5.56 Å². The van der Waals surface area contributed by atoms with Gasteiger partial charge in [-0.05, 0) is 22.8 Å². The summed E-state index contributed by atoms with van der Waals surface area (Å²) in [6.45, 7) is 1.97. The van der Waals surface area contributed by atoms with Gasteiger partial charge in [-0.3, -0.25) is 0 Å². The van der Waals surface area contributed by atoms with Crippen LogP contribution >= 0.6 is 0 Å². The molecule has 0 saturated heterocycles. The highest BCUT2D eigenvalue weighted by molar-refractivity contribution is 5.65. The molecule has 0 aliphatic rings. The van der Waals surface area contributed by atoms with Crippen molar-refractivity contribution in [1.29, 1.82) is 0 Å². The summed E-state index contributed by atoms with van der Waals surface area (Å²) in [5.41, 5.74) is 7.75. The molecular formula is C11H9N5O2. The Bertz CT molecular complexity index is 688. The van der Waals surface area contributed by atoms with Crippen LogP contribution in [-0.4, -0.2) is 20.5 Å². The monoisotopic (exact) mass is 243 g/mol. The Labute approximate surface area is 102 Å². The van der Waals surface area contributed by atoms with Gasteiger partial charge < -0.3 is 10.3 Å². The van der Waals surface area contributed by atoms with Gasteiger partial charge in [0.2, 0.25) is 17.3 Å². The lowest BCUT2D eigenvalue weighted by molar-refractivity contribution is 0.308. The van der Waals surface area contributed by atoms with E-state index in [-0.39, 0.29) is 17.4 Å². The number of aryl methyl sites for hydroxylation is 1. The molecule has 3 aromatic rings. The summed E-state index contributed by atoms with van der Waals surface area (Å²) in [7, 11) is 0. The van der Waals surface area contributed by atoms with Gasteiger partial charge in [0.1, 0.15) is 0 Å². The number of aromatic nitrogens is 4. The van der Waals surface area contributed by atoms with Gasteiger partial charge in [-0.25, -0.2) is 4.63 Å². The van der Waals surface area contributed by atoms with Crippen molar-refractivity contribution >= 4 is 5.82 Å². The molecule has 1 aromatic carbocycles. The minimum absolute atomic E-state index is 0.120. The second kappa shape index (κ2) is 3.95. The molecule has 0 spiro atoms. The molecule has 0 aliphatic carbocycles. The van der Waals surface area contributed by atoms with Crippen molar-refractivity contribution in [1.82, 2.24) is 20.5 Å². The first kappa shape index (κ1) is 10.5. The van der Waals surface area contributed by atoms with Crippen molar-refractivity contribution in [2.75, 3.05) is 5.73 Å². The molecule has 0 amide bonds. The Hall–Kier alpha value is -2.70. The van der Waals surface area contributed by atoms with Crippen molar-refractivity contribution in [3.05, 3.63) is 29.8 Å². The Morgan fingerprint density at radius 1 is 1.11 bits per heavy atom. The average molecular weight is 243 g/mol. The Balaban J connectivity index is 2.05. The number of benzene rings is 1. The first-order valence-electron chi connectivity index (χ1n) is 5.24. The van der Waals surface area contributed by atoms with E-state index in [2.05, 4.69) is 25.1 Å². The van der Waals surface area contributed by atoms with Crippen LogP contribution in [0, 0.1) is 6.92 Å². The van der Waals surface area contributed by atoms with Crippen LogP contribution in [0.15, 0.2) is 33.4 Å². The normalized spacial score (nSPS) is 10.7. The van der Waals surface area contributed by atoms with E-state index in [0.717, 1.165) is 11.1 Å². The molecule has 0 aliphatic heterocycles. The number of anilines is 1. The Kier molecular flexibility index (Phi) is 2.30. The van der Waals surface area contributed by atoms with Crippen molar-refractivity contribution in [2.24, 2.45) is 0 Å². The summed E-state index contributed by atoms with van der Waals surface area (Å²) < 4.78 is 9.58. The Morgan fingerprint density at radius 3 is 2.67 bits per heavy atom. The van der Waals surface area contributed by atoms with Crippen LogP contribution in [0.5, 0.6) is 0 Å². The highest BCUT2D eigenvalue weighted by atomic mass is 16.6. The molecule has 2 N–H and O–H groups in total. The van der Waals surface area contributed by atoms with E-state index in [1.165, 1.54) is 0 Å². The fourth-order valence-electron chi connectivity index (χ4n) is 1.60. The second-order valence-electron chi connectivity index (χ2n) is 3.74. The molecule has 0 atom stereocenters. The van der Waals surface area contributed by atoms with E-state index in [0.29, 0.717) is 5.82 Å². The van der Waals surface area contributed by atoms with Gasteiger partial charge in [-0.15, -0.1) is 0 Å². The molecule has 0 radical (unpaired) electrons. The molecule has 3 rings (SSSR count). The molecule has 0 saturated carbocycles. The summed E-state index contributed by atoms with van der Waals surface area (Å²) in [5, 5.41) is 11.0. The number of hydrogen-bond acceptors (Lipinski definition) is 7. The molecule has 0 bridgehead atoms. The summed E-state index contributed by atoms with van der Waals surface area (Å²) >= 11 is 0. The number of hydrogen-bond donors (Lipinski definition) is 1. The first-order valence-corrected chi connectivity index (χ1v) is 5.24. The van der Waals surface area contributed by atoms with Crippen molar-refractivity contribution in [3.63, 3.8) is 0 Å². The Morgan fingerprint density at radius 2 is 1.94 bits per heavy atom. The fourth-order valence-corrected chi connectivity index (χ4v) is 1.60. The number of nitrogens with zero attached hydrogens (tertiary/aromatic N) is 4. The van der Waals surface area contributed by atoms with Crippen LogP contribution in [0.2, 0.25) is 0 Å². The molecule has 18 heavy (non-hydrogen) atoms. The maximum absolute atomic E-state index is 5.56. The molecule has 7 nitrogen and oxygen atoms in total. The van der Waals surface area contributed by atoms with Crippen LogP contribution < -0.4 is 5.73 Å². The molecule has 2 heterocycles. The van der Waals surface area contributed by atoms with Gasteiger partial charge in [0.15, 0.2) is 0 Å². The summed E-state index contributed by atoms with van der Waals surface area (Å²) in [4.78, 5) is 4.22. The molecule has 0 fully saturated rings. The highest BCUT2D eigenvalue weighted by Gasteiger charge is 2.18. The molecular weight excluding hydrogens is 234 g/mol. The highest BCUT2D eigenvalue weighted by Crippen LogP contribution is 2.25. The van der Waals surface area contributed by atoms with Gasteiger partial charge in [0, 0.05) is 5.56 Å². The quantitative estimate of drug-likeness (QED) is 0.729. The topological polar surface area (TPSA) is 104 Å². The molecule has 0 unspecified atom stereocenters. The van der Waals surface area contributed by atoms with Gasteiger partial charge in [0.05, 0.1) is 0 Å². The maximum atomic E-state index is 5.56. The average Bonchev–Trinajstić information content (AvgIpc) is 2.98. The zero-order valence-electron chi connectivity index (χ0n) is 9.49. The number of nitrogens with two attached hydrogens (primary N) is 1. The van der Waals surface area contributed by atoms with Crippen molar-refractivity contribution in [3.8, 4) is 23.0 Å². The van der Waals surface area contributed by atoms with Crippen LogP contribution in [0.4, 0.5) is 5.82 Å². The zero-order valence-corrected chi connectivity index (χ0v) is 9.49. The van der Waals surface area contributed by atoms with E-state index >= 15 is 0 Å². The smallest absolute Gasteiger partial charge is 0.284 e. The molecule has 2 aromatic heterocycles. The molecule has 90 valence electrons. The van der Waals surface area contributed by atoms with E-state index in [1.54, 1.807) is 0 Å². The lowest BCUT2D eigenvalue weighted by Crippen LogP contribution is -1.89. The minimum atomic E-state index is 0.120. The van der Waals surface area contributed by atoms with Crippen molar-refractivity contribution < 1.29 is 9.15 Å². The number of rotatable bonds is 2. The minimum Gasteiger partial charge on any atom is -0.379 e. The second-order valence-corrected chi connectivity index (χ2v) is 3.74. The van der Waals surface area contributed by atoms with Crippen LogP contribution in [-0.2, 0) is 0 Å². The van der Waals surface area contributed by atoms with E-state index in [4.69, 9.17) is 10.3 Å². The third-order valence-electron chi connectivity index (χ3n) is 2.53. The third-order valence-corrected chi connectivity index (χ3v) is 2.53. The summed E-state index contributed by atoms with van der Waals surface area (Å²) in [5.74, 6) is 0.785. The number of nitrogen functional groups attached to an aromatic ring is 1. The van der Waals surface area contributed by atoms with Gasteiger partial charge in [-0.1, -0.05) is 29.4 Å². The SMILES string of the molecule is Cc1ccccc1-c1noc(-c2nonc2N)n1. The summed E-state index contributed by atoms with van der Waals surface area (Å²) in [6, 6.07) is 7.73. The summed E-state index contributed by atoms with van der Waals surface area (Å²) in [6.07, 6.45) is 0. The predicted octanol–water partition coefficient (Wildman–Crippen LogP) is 1.68. The third kappa shape index (κ3) is 1.61. The maximum Gasteiger partial charge on any atom is 0.284 e. The van der Waals surface area contributed by atoms with Crippen LogP contribution in [0.25, 0.3) is 23.0 Å². The van der Waals surface area contributed by atoms with Crippen molar-refractivity contribution in [2.45, 2.75) is 6.92 Å². The van der Waals surface area contributed by atoms with E-state index in [1.807, 2.05) is 31.2 Å². The van der Waals surface area contributed by atoms with Crippen LogP contribution in [0.3, 0.4) is 0 Å². The lowest BCUT2D eigenvalue weighted by atomic mass is 10.1. The largest absolute Gasteiger partial charge is 0.379 e. The fraction of sp³-hybridized carbons (Fsp3) is 0.0909. The zero-order chi connectivity index (χ0) is 12.5. The molecule has 7 heteroatoms. The first-order chi connectivity index (χ1) is 8.75. The standard InChI is InChI=1S/C11H9N5O2/c1-6-4-2-3-5-7(6)10-13-11(17-16-10)8-9(12)15-18-14-8/h2-5H,1H3,(H2,12,15).